The van der Waals surface area contributed by atoms with E-state index in [0.29, 0.717) is 12.1 Å². The van der Waals surface area contributed by atoms with E-state index in [1.54, 1.807) is 13.8 Å². The molecule has 0 aliphatic rings. The molecule has 2 N–H and O–H groups in total. The van der Waals surface area contributed by atoms with Gasteiger partial charge in [-0.1, -0.05) is 13.0 Å². The summed E-state index contributed by atoms with van der Waals surface area (Å²) in [5.74, 6) is -2.33. The molecule has 0 amide bonds. The van der Waals surface area contributed by atoms with Crippen LogP contribution in [0.1, 0.15) is 25.8 Å². The van der Waals surface area contributed by atoms with Crippen LogP contribution < -0.4 is 5.32 Å². The first-order chi connectivity index (χ1) is 8.47. The van der Waals surface area contributed by atoms with Gasteiger partial charge in [0, 0.05) is 17.8 Å². The molecule has 1 aromatic rings. The van der Waals surface area contributed by atoms with Crippen molar-refractivity contribution in [1.82, 2.24) is 5.32 Å². The van der Waals surface area contributed by atoms with Crippen molar-refractivity contribution in [2.45, 2.75) is 26.8 Å². The van der Waals surface area contributed by atoms with Gasteiger partial charge in [0.2, 0.25) is 0 Å². The molecule has 18 heavy (non-hydrogen) atoms. The summed E-state index contributed by atoms with van der Waals surface area (Å²) < 4.78 is 26.7. The second kappa shape index (κ2) is 6.14. The van der Waals surface area contributed by atoms with Gasteiger partial charge in [-0.05, 0) is 25.5 Å². The molecule has 0 radical (unpaired) electrons. The van der Waals surface area contributed by atoms with Gasteiger partial charge in [0.05, 0.1) is 5.57 Å². The third-order valence-corrected chi connectivity index (χ3v) is 2.66. The maximum absolute atomic E-state index is 13.3. The van der Waals surface area contributed by atoms with E-state index in [2.05, 4.69) is 5.32 Å². The fraction of sp³-hybridized carbons (Fsp3) is 0.308. The van der Waals surface area contributed by atoms with E-state index in [4.69, 9.17) is 5.11 Å². The lowest BCUT2D eigenvalue weighted by Crippen LogP contribution is -2.17. The highest BCUT2D eigenvalue weighted by Gasteiger charge is 2.11. The molecule has 1 aromatic carbocycles. The molecule has 0 saturated carbocycles. The highest BCUT2D eigenvalue weighted by Crippen LogP contribution is 2.13. The second-order valence-corrected chi connectivity index (χ2v) is 3.82. The normalized spacial score (nSPS) is 12.0. The molecule has 0 bridgehead atoms. The maximum Gasteiger partial charge on any atom is 0.333 e. The molecule has 0 fully saturated rings. The van der Waals surface area contributed by atoms with Crippen LogP contribution in [0.3, 0.4) is 0 Å². The molecular formula is C13H15F2NO2. The van der Waals surface area contributed by atoms with E-state index in [1.165, 1.54) is 6.07 Å². The standard InChI is InChI=1S/C13H15F2NO2/c1-3-9(13(17)18)8(2)16-7-10-11(14)5-4-6-12(10)15/h4-6,16H,3,7H2,1-2H3,(H,17,18)/b9-8-. The minimum atomic E-state index is -1.03. The zero-order valence-electron chi connectivity index (χ0n) is 10.3. The lowest BCUT2D eigenvalue weighted by atomic mass is 10.1. The molecule has 0 unspecified atom stereocenters. The number of carboxylic acids is 1. The predicted octanol–water partition coefficient (Wildman–Crippen LogP) is 2.82. The van der Waals surface area contributed by atoms with Gasteiger partial charge in [-0.3, -0.25) is 0 Å². The molecule has 0 aliphatic carbocycles. The van der Waals surface area contributed by atoms with Crippen LogP contribution in [0.15, 0.2) is 29.5 Å². The van der Waals surface area contributed by atoms with E-state index < -0.39 is 17.6 Å². The largest absolute Gasteiger partial charge is 0.478 e. The van der Waals surface area contributed by atoms with Crippen LogP contribution in [-0.4, -0.2) is 11.1 Å². The van der Waals surface area contributed by atoms with E-state index in [-0.39, 0.29) is 17.7 Å². The van der Waals surface area contributed by atoms with Crippen LogP contribution in [0, 0.1) is 11.6 Å². The number of hydrogen-bond acceptors (Lipinski definition) is 2. The molecule has 0 aliphatic heterocycles. The zero-order valence-corrected chi connectivity index (χ0v) is 10.3. The van der Waals surface area contributed by atoms with Crippen molar-refractivity contribution in [2.24, 2.45) is 0 Å². The van der Waals surface area contributed by atoms with Crippen molar-refractivity contribution in [3.63, 3.8) is 0 Å². The van der Waals surface area contributed by atoms with Gasteiger partial charge in [0.1, 0.15) is 11.6 Å². The van der Waals surface area contributed by atoms with Crippen molar-refractivity contribution in [1.29, 1.82) is 0 Å². The molecule has 5 heteroatoms. The Morgan fingerprint density at radius 1 is 1.33 bits per heavy atom. The fourth-order valence-corrected chi connectivity index (χ4v) is 1.61. The molecule has 0 heterocycles. The lowest BCUT2D eigenvalue weighted by molar-refractivity contribution is -0.132. The lowest BCUT2D eigenvalue weighted by Gasteiger charge is -2.11. The Morgan fingerprint density at radius 2 is 1.89 bits per heavy atom. The highest BCUT2D eigenvalue weighted by molar-refractivity contribution is 5.87. The smallest absolute Gasteiger partial charge is 0.333 e. The molecular weight excluding hydrogens is 240 g/mol. The molecule has 0 saturated heterocycles. The summed E-state index contributed by atoms with van der Waals surface area (Å²) in [6.07, 6.45) is 0.341. The van der Waals surface area contributed by atoms with Gasteiger partial charge in [-0.25, -0.2) is 13.6 Å². The Hall–Kier alpha value is -1.91. The van der Waals surface area contributed by atoms with Crippen molar-refractivity contribution < 1.29 is 18.7 Å². The quantitative estimate of drug-likeness (QED) is 0.795. The van der Waals surface area contributed by atoms with Gasteiger partial charge in [0.25, 0.3) is 0 Å². The van der Waals surface area contributed by atoms with E-state index in [9.17, 15) is 13.6 Å². The summed E-state index contributed by atoms with van der Waals surface area (Å²) in [5, 5.41) is 11.6. The zero-order chi connectivity index (χ0) is 13.7. The third kappa shape index (κ3) is 3.29. The summed E-state index contributed by atoms with van der Waals surface area (Å²) in [6, 6.07) is 3.61. The fourth-order valence-electron chi connectivity index (χ4n) is 1.61. The average Bonchev–Trinajstić information content (AvgIpc) is 2.28. The summed E-state index contributed by atoms with van der Waals surface area (Å²) >= 11 is 0. The minimum Gasteiger partial charge on any atom is -0.478 e. The minimum absolute atomic E-state index is 0.0822. The second-order valence-electron chi connectivity index (χ2n) is 3.82. The number of rotatable bonds is 5. The number of nitrogens with one attached hydrogen (secondary N) is 1. The van der Waals surface area contributed by atoms with Gasteiger partial charge < -0.3 is 10.4 Å². The number of halogens is 2. The SMILES string of the molecule is CC/C(C(=O)O)=C(\C)NCc1c(F)cccc1F. The Bertz CT molecular complexity index is 464. The highest BCUT2D eigenvalue weighted by atomic mass is 19.1. The summed E-state index contributed by atoms with van der Waals surface area (Å²) in [4.78, 5) is 10.9. The van der Waals surface area contributed by atoms with Gasteiger partial charge in [-0.15, -0.1) is 0 Å². The number of allylic oxidation sites excluding steroid dienone is 1. The Labute approximate surface area is 104 Å². The summed E-state index contributed by atoms with van der Waals surface area (Å²) in [5.41, 5.74) is 0.511. The maximum atomic E-state index is 13.3. The number of carbonyl (C=O) groups is 1. The van der Waals surface area contributed by atoms with Crippen LogP contribution in [0.2, 0.25) is 0 Å². The number of benzene rings is 1. The average molecular weight is 255 g/mol. The molecule has 0 spiro atoms. The predicted molar refractivity (Wildman–Crippen MR) is 63.8 cm³/mol. The monoisotopic (exact) mass is 255 g/mol. The molecule has 1 rings (SSSR count). The van der Waals surface area contributed by atoms with Crippen molar-refractivity contribution in [3.8, 4) is 0 Å². The van der Waals surface area contributed by atoms with E-state index in [1.807, 2.05) is 0 Å². The summed E-state index contributed by atoms with van der Waals surface area (Å²) in [6.45, 7) is 3.20. The van der Waals surface area contributed by atoms with Gasteiger partial charge >= 0.3 is 5.97 Å². The first kappa shape index (κ1) is 14.2. The van der Waals surface area contributed by atoms with Crippen LogP contribution in [0.25, 0.3) is 0 Å². The summed E-state index contributed by atoms with van der Waals surface area (Å²) in [7, 11) is 0. The number of carboxylic acid groups (broad SMARTS) is 1. The third-order valence-electron chi connectivity index (χ3n) is 2.66. The first-order valence-electron chi connectivity index (χ1n) is 5.57. The van der Waals surface area contributed by atoms with Crippen LogP contribution in [0.4, 0.5) is 8.78 Å². The Kier molecular flexibility index (Phi) is 4.83. The van der Waals surface area contributed by atoms with Gasteiger partial charge in [0.15, 0.2) is 0 Å². The van der Waals surface area contributed by atoms with Crippen molar-refractivity contribution in [3.05, 3.63) is 46.7 Å². The van der Waals surface area contributed by atoms with Crippen LogP contribution >= 0.6 is 0 Å². The Balaban J connectivity index is 2.85. The van der Waals surface area contributed by atoms with E-state index >= 15 is 0 Å². The van der Waals surface area contributed by atoms with Crippen LogP contribution in [0.5, 0.6) is 0 Å². The molecule has 3 nitrogen and oxygen atoms in total. The topological polar surface area (TPSA) is 49.3 Å². The number of hydrogen-bond donors (Lipinski definition) is 2. The Morgan fingerprint density at radius 3 is 2.33 bits per heavy atom. The van der Waals surface area contributed by atoms with Crippen molar-refractivity contribution in [2.75, 3.05) is 0 Å². The first-order valence-corrected chi connectivity index (χ1v) is 5.57. The molecule has 0 aromatic heterocycles. The van der Waals surface area contributed by atoms with Crippen molar-refractivity contribution >= 4 is 5.97 Å². The molecule has 98 valence electrons. The molecule has 0 atom stereocenters. The van der Waals surface area contributed by atoms with E-state index in [0.717, 1.165) is 12.1 Å². The van der Waals surface area contributed by atoms with Gasteiger partial charge in [-0.2, -0.15) is 0 Å². The number of aliphatic carboxylic acids is 1. The van der Waals surface area contributed by atoms with Crippen LogP contribution in [-0.2, 0) is 11.3 Å².